The summed E-state index contributed by atoms with van der Waals surface area (Å²) in [4.78, 5) is 22.4. The first-order valence-corrected chi connectivity index (χ1v) is 14.5. The number of carbonyl (C=O) groups excluding carboxylic acids is 1. The van der Waals surface area contributed by atoms with Crippen LogP contribution < -0.4 is 0 Å². The van der Waals surface area contributed by atoms with Gasteiger partial charge >= 0.3 is 0 Å². The van der Waals surface area contributed by atoms with Crippen molar-refractivity contribution >= 4 is 27.3 Å². The van der Waals surface area contributed by atoms with E-state index in [9.17, 15) is 22.4 Å². The van der Waals surface area contributed by atoms with Crippen molar-refractivity contribution in [1.29, 1.82) is 0 Å². The van der Waals surface area contributed by atoms with Gasteiger partial charge in [-0.1, -0.05) is 12.1 Å². The Morgan fingerprint density at radius 3 is 2.60 bits per heavy atom. The Morgan fingerprint density at radius 2 is 1.84 bits per heavy atom. The van der Waals surface area contributed by atoms with Crippen LogP contribution in [0.2, 0.25) is 0 Å². The lowest BCUT2D eigenvalue weighted by Gasteiger charge is -2.20. The molecule has 5 aromatic rings. The van der Waals surface area contributed by atoms with Crippen molar-refractivity contribution < 1.29 is 31.1 Å². The number of halogens is 6. The summed E-state index contributed by atoms with van der Waals surface area (Å²) in [6.45, 7) is -0.648. The normalized spacial score (nSPS) is 19.0. The van der Waals surface area contributed by atoms with E-state index in [-0.39, 0.29) is 30.4 Å². The highest BCUT2D eigenvalue weighted by Gasteiger charge is 2.67. The Hall–Kier alpha value is -4.06. The topological polar surface area (TPSA) is 60.7 Å². The van der Waals surface area contributed by atoms with Crippen LogP contribution in [0, 0.1) is 17.6 Å². The monoisotopic (exact) mass is 612 g/mol. The molecule has 220 valence electrons. The second-order valence-corrected chi connectivity index (χ2v) is 12.0. The highest BCUT2D eigenvalue weighted by atomic mass is 32.1. The van der Waals surface area contributed by atoms with Gasteiger partial charge in [-0.3, -0.25) is 14.5 Å². The number of thiazole rings is 1. The van der Waals surface area contributed by atoms with Crippen LogP contribution in [0.15, 0.2) is 60.2 Å². The zero-order chi connectivity index (χ0) is 30.0. The summed E-state index contributed by atoms with van der Waals surface area (Å²) in [7, 11) is 0. The smallest absolute Gasteiger partial charge is 0.293 e. The molecule has 0 radical (unpaired) electrons. The number of aromatic nitrogens is 4. The maximum absolute atomic E-state index is 15.1. The van der Waals surface area contributed by atoms with Crippen molar-refractivity contribution in [2.24, 2.45) is 5.92 Å². The average Bonchev–Trinajstić information content (AvgIpc) is 3.36. The molecule has 0 aliphatic heterocycles. The lowest BCUT2D eigenvalue weighted by atomic mass is 9.86. The molecule has 43 heavy (non-hydrogen) atoms. The molecule has 3 atom stereocenters. The molecule has 12 heteroatoms. The number of ketones is 1. The van der Waals surface area contributed by atoms with Gasteiger partial charge in [0.25, 0.3) is 12.3 Å². The highest BCUT2D eigenvalue weighted by Crippen LogP contribution is 2.68. The minimum Gasteiger partial charge on any atom is -0.298 e. The fraction of sp³-hybridized carbons (Fsp3) is 0.290. The molecule has 0 amide bonds. The van der Waals surface area contributed by atoms with Crippen LogP contribution in [-0.2, 0) is 23.7 Å². The molecule has 1 saturated carbocycles. The van der Waals surface area contributed by atoms with Crippen LogP contribution in [0.5, 0.6) is 0 Å². The van der Waals surface area contributed by atoms with Crippen molar-refractivity contribution in [3.8, 4) is 11.1 Å². The third-order valence-electron chi connectivity index (χ3n) is 8.24. The number of hydrogen-bond donors (Lipinski definition) is 0. The quantitative estimate of drug-likeness (QED) is 0.159. The number of hydrogen-bond acceptors (Lipinski definition) is 5. The van der Waals surface area contributed by atoms with E-state index in [4.69, 9.17) is 0 Å². The number of alkyl halides is 4. The lowest BCUT2D eigenvalue weighted by molar-refractivity contribution is -0.120. The molecule has 5 nitrogen and oxygen atoms in total. The van der Waals surface area contributed by atoms with Crippen LogP contribution in [0.1, 0.15) is 59.3 Å². The van der Waals surface area contributed by atoms with Gasteiger partial charge < -0.3 is 0 Å². The number of carbonyl (C=O) groups is 1. The van der Waals surface area contributed by atoms with E-state index in [0.29, 0.717) is 11.3 Å². The zero-order valence-corrected chi connectivity index (χ0v) is 23.1. The summed E-state index contributed by atoms with van der Waals surface area (Å²) in [5.41, 5.74) is 3.17. The molecular weight excluding hydrogens is 590 g/mol. The summed E-state index contributed by atoms with van der Waals surface area (Å²) in [5, 5.41) is 3.77. The number of nitrogens with zero attached hydrogens (tertiary/aromatic N) is 4. The molecule has 2 unspecified atom stereocenters. The average molecular weight is 613 g/mol. The Morgan fingerprint density at radius 1 is 1.05 bits per heavy atom. The molecule has 0 spiro atoms. The van der Waals surface area contributed by atoms with E-state index >= 15 is 8.78 Å². The maximum Gasteiger partial charge on any atom is 0.293 e. The summed E-state index contributed by atoms with van der Waals surface area (Å²) < 4.78 is 87.6. The Bertz CT molecular complexity index is 1870. The van der Waals surface area contributed by atoms with Crippen molar-refractivity contribution in [3.63, 3.8) is 0 Å². The highest BCUT2D eigenvalue weighted by molar-refractivity contribution is 7.16. The maximum atomic E-state index is 15.1. The van der Waals surface area contributed by atoms with Gasteiger partial charge in [0.15, 0.2) is 5.78 Å². The molecule has 3 heterocycles. The van der Waals surface area contributed by atoms with Crippen molar-refractivity contribution in [2.45, 2.75) is 50.0 Å². The van der Waals surface area contributed by atoms with E-state index in [0.717, 1.165) is 38.7 Å². The largest absolute Gasteiger partial charge is 0.298 e. The predicted octanol–water partition coefficient (Wildman–Crippen LogP) is 7.97. The second kappa shape index (κ2) is 10.3. The van der Waals surface area contributed by atoms with Gasteiger partial charge in [-0.25, -0.2) is 22.5 Å². The first kappa shape index (κ1) is 27.8. The summed E-state index contributed by atoms with van der Waals surface area (Å²) >= 11 is 1.48. The first-order chi connectivity index (χ1) is 20.6. The third kappa shape index (κ3) is 4.91. The standard InChI is InChI=1S/C31H22F6N4OS/c32-18-7-15(8-19(33)11-18)6-17(27-21(2-1-5-38-27)16-3-4-25-24(10-16)39-14-43-25)9-20(42)13-41-29-26(28(40-41)30(34)35)22-12-23(22)31(29,36)37/h1-5,7-8,10-11,14,17,22-23,30H,6,9,12-13H2/t17-,22?,23?/m1/s1. The third-order valence-corrected chi connectivity index (χ3v) is 9.05. The molecule has 0 N–H and O–H groups in total. The fourth-order valence-electron chi connectivity index (χ4n) is 6.37. The van der Waals surface area contributed by atoms with Crippen LogP contribution >= 0.6 is 11.3 Å². The summed E-state index contributed by atoms with van der Waals surface area (Å²) in [6.07, 6.45) is -1.67. The van der Waals surface area contributed by atoms with Crippen molar-refractivity contribution in [2.75, 3.05) is 0 Å². The molecule has 1 fully saturated rings. The van der Waals surface area contributed by atoms with E-state index in [1.54, 1.807) is 11.6 Å². The van der Waals surface area contributed by atoms with Crippen molar-refractivity contribution in [3.05, 3.63) is 100 Å². The molecule has 0 bridgehead atoms. The number of Topliss-reactive ketones (excluding diaryl/α,β-unsaturated/α-hetero) is 1. The molecule has 2 aromatic carbocycles. The first-order valence-electron chi connectivity index (χ1n) is 13.6. The minimum absolute atomic E-state index is 0.00316. The van der Waals surface area contributed by atoms with Gasteiger partial charge in [0, 0.05) is 41.6 Å². The SMILES string of the molecule is O=C(C[C@@H](Cc1cc(F)cc(F)c1)c1ncccc1-c1ccc2scnc2c1)Cn1nc(C(F)F)c2c1C(F)(F)C1CC21. The van der Waals surface area contributed by atoms with E-state index in [1.165, 1.54) is 17.5 Å². The van der Waals surface area contributed by atoms with E-state index in [1.807, 2.05) is 24.3 Å². The van der Waals surface area contributed by atoms with Crippen LogP contribution in [0.3, 0.4) is 0 Å². The molecule has 7 rings (SSSR count). The van der Waals surface area contributed by atoms with E-state index in [2.05, 4.69) is 15.1 Å². The second-order valence-electron chi connectivity index (χ2n) is 11.1. The fourth-order valence-corrected chi connectivity index (χ4v) is 7.03. The van der Waals surface area contributed by atoms with Gasteiger partial charge in [-0.05, 0) is 60.2 Å². The van der Waals surface area contributed by atoms with Crippen LogP contribution in [0.25, 0.3) is 21.3 Å². The summed E-state index contributed by atoms with van der Waals surface area (Å²) in [5.74, 6) is -7.97. The number of pyridine rings is 1. The molecule has 3 aromatic heterocycles. The van der Waals surface area contributed by atoms with Gasteiger partial charge in [-0.2, -0.15) is 13.9 Å². The Kier molecular flexibility index (Phi) is 6.64. The molecule has 2 aliphatic carbocycles. The Balaban J connectivity index is 1.25. The van der Waals surface area contributed by atoms with Gasteiger partial charge in [0.2, 0.25) is 0 Å². The number of benzene rings is 2. The van der Waals surface area contributed by atoms with Crippen LogP contribution in [-0.4, -0.2) is 25.5 Å². The van der Waals surface area contributed by atoms with Gasteiger partial charge in [-0.15, -0.1) is 11.3 Å². The molecule has 2 aliphatic rings. The lowest BCUT2D eigenvalue weighted by Crippen LogP contribution is -2.24. The minimum atomic E-state index is -3.36. The van der Waals surface area contributed by atoms with Gasteiger partial charge in [0.05, 0.1) is 21.4 Å². The van der Waals surface area contributed by atoms with E-state index < -0.39 is 65.5 Å². The molecule has 0 saturated heterocycles. The number of rotatable bonds is 9. The zero-order valence-electron chi connectivity index (χ0n) is 22.3. The van der Waals surface area contributed by atoms with Crippen LogP contribution in [0.4, 0.5) is 26.3 Å². The van der Waals surface area contributed by atoms with Crippen molar-refractivity contribution in [1.82, 2.24) is 19.7 Å². The summed E-state index contributed by atoms with van der Waals surface area (Å²) in [6, 6.07) is 12.2. The Labute approximate surface area is 245 Å². The number of fused-ring (bicyclic) bond motifs is 4. The molecular formula is C31H22F6N4OS. The van der Waals surface area contributed by atoms with Gasteiger partial charge in [0.1, 0.15) is 29.6 Å². The predicted molar refractivity (Wildman–Crippen MR) is 147 cm³/mol.